The molecule has 4 heteroatoms. The van der Waals surface area contributed by atoms with Gasteiger partial charge in [-0.15, -0.1) is 16.9 Å². The molecule has 96 valence electrons. The van der Waals surface area contributed by atoms with Crippen molar-refractivity contribution >= 4 is 22.8 Å². The number of aromatic nitrogens is 3. The van der Waals surface area contributed by atoms with Gasteiger partial charge in [-0.3, -0.25) is 0 Å². The quantitative estimate of drug-likeness (QED) is 0.724. The van der Waals surface area contributed by atoms with Crippen molar-refractivity contribution in [3.8, 4) is 0 Å². The third-order valence-electron chi connectivity index (χ3n) is 3.02. The Morgan fingerprint density at radius 3 is 2.68 bits per heavy atom. The summed E-state index contributed by atoms with van der Waals surface area (Å²) in [7, 11) is 0. The van der Waals surface area contributed by atoms with Gasteiger partial charge in [0.25, 0.3) is 0 Å². The maximum atomic E-state index is 4.19. The van der Waals surface area contributed by atoms with Gasteiger partial charge in [0.2, 0.25) is 0 Å². The van der Waals surface area contributed by atoms with Crippen LogP contribution in [0.25, 0.3) is 11.0 Å². The number of thioether (sulfide) groups is 1. The number of nitrogens with zero attached hydrogens (tertiary/aromatic N) is 3. The summed E-state index contributed by atoms with van der Waals surface area (Å²) in [5.74, 6) is 1.82. The Labute approximate surface area is 116 Å². The highest BCUT2D eigenvalue weighted by Gasteiger charge is 2.02. The monoisotopic (exact) mass is 269 g/mol. The molecule has 0 N–H and O–H groups in total. The van der Waals surface area contributed by atoms with Crippen LogP contribution in [0, 0.1) is 6.92 Å². The molecule has 3 rings (SSSR count). The van der Waals surface area contributed by atoms with Gasteiger partial charge in [-0.05, 0) is 24.6 Å². The van der Waals surface area contributed by atoms with Crippen LogP contribution in [0.1, 0.15) is 11.1 Å². The highest BCUT2D eigenvalue weighted by molar-refractivity contribution is 7.97. The Bertz CT molecular complexity index is 673. The maximum Gasteiger partial charge on any atom is 0.113 e. The zero-order valence-electron chi connectivity index (χ0n) is 10.8. The Balaban J connectivity index is 1.65. The molecule has 1 aromatic heterocycles. The fraction of sp³-hybridized carbons (Fsp3) is 0.200. The van der Waals surface area contributed by atoms with Crippen LogP contribution >= 0.6 is 11.8 Å². The van der Waals surface area contributed by atoms with E-state index in [2.05, 4.69) is 47.6 Å². The Hall–Kier alpha value is -1.81. The van der Waals surface area contributed by atoms with E-state index in [9.17, 15) is 0 Å². The standard InChI is InChI=1S/C15H15N3S/c1-12-6-8-13(9-7-12)10-19-11-18-15-5-3-2-4-14(15)16-17-18/h2-9H,10-11H2,1H3. The first-order valence-corrected chi connectivity index (χ1v) is 7.40. The molecule has 19 heavy (non-hydrogen) atoms. The lowest BCUT2D eigenvalue weighted by atomic mass is 10.2. The number of aryl methyl sites for hydroxylation is 1. The van der Waals surface area contributed by atoms with Crippen molar-refractivity contribution in [1.29, 1.82) is 0 Å². The molecule has 3 aromatic rings. The molecule has 0 unspecified atom stereocenters. The van der Waals surface area contributed by atoms with E-state index in [-0.39, 0.29) is 0 Å². The number of para-hydroxylation sites is 1. The van der Waals surface area contributed by atoms with Crippen LogP contribution in [0.4, 0.5) is 0 Å². The van der Waals surface area contributed by atoms with Gasteiger partial charge in [0.15, 0.2) is 0 Å². The van der Waals surface area contributed by atoms with Gasteiger partial charge in [0.05, 0.1) is 11.4 Å². The molecule has 0 aliphatic rings. The van der Waals surface area contributed by atoms with Gasteiger partial charge < -0.3 is 0 Å². The number of benzene rings is 2. The molecular weight excluding hydrogens is 254 g/mol. The molecule has 0 aliphatic heterocycles. The van der Waals surface area contributed by atoms with Gasteiger partial charge in [0.1, 0.15) is 5.52 Å². The molecular formula is C15H15N3S. The van der Waals surface area contributed by atoms with Gasteiger partial charge in [-0.1, -0.05) is 47.2 Å². The molecule has 0 fully saturated rings. The van der Waals surface area contributed by atoms with Gasteiger partial charge in [-0.2, -0.15) is 0 Å². The van der Waals surface area contributed by atoms with E-state index in [0.29, 0.717) is 0 Å². The van der Waals surface area contributed by atoms with Crippen LogP contribution in [0.2, 0.25) is 0 Å². The topological polar surface area (TPSA) is 30.7 Å². The van der Waals surface area contributed by atoms with Crippen LogP contribution in [-0.2, 0) is 11.6 Å². The van der Waals surface area contributed by atoms with E-state index in [0.717, 1.165) is 22.7 Å². The predicted molar refractivity (Wildman–Crippen MR) is 80.0 cm³/mol. The first-order valence-electron chi connectivity index (χ1n) is 6.24. The van der Waals surface area contributed by atoms with Crippen LogP contribution < -0.4 is 0 Å². The normalized spacial score (nSPS) is 11.0. The van der Waals surface area contributed by atoms with Crippen molar-refractivity contribution in [3.05, 3.63) is 59.7 Å². The average Bonchev–Trinajstić information content (AvgIpc) is 2.85. The van der Waals surface area contributed by atoms with Crippen LogP contribution in [0.5, 0.6) is 0 Å². The summed E-state index contributed by atoms with van der Waals surface area (Å²) in [5.41, 5.74) is 4.70. The highest BCUT2D eigenvalue weighted by atomic mass is 32.2. The fourth-order valence-corrected chi connectivity index (χ4v) is 2.83. The summed E-state index contributed by atoms with van der Waals surface area (Å²) in [4.78, 5) is 0. The molecule has 0 spiro atoms. The lowest BCUT2D eigenvalue weighted by molar-refractivity contribution is 0.722. The third-order valence-corrected chi connectivity index (χ3v) is 3.99. The molecule has 0 amide bonds. The molecule has 2 aromatic carbocycles. The maximum absolute atomic E-state index is 4.19. The first kappa shape index (κ1) is 12.2. The van der Waals surface area contributed by atoms with Crippen molar-refractivity contribution in [1.82, 2.24) is 15.0 Å². The minimum atomic E-state index is 0.828. The van der Waals surface area contributed by atoms with E-state index in [1.165, 1.54) is 11.1 Å². The average molecular weight is 269 g/mol. The Kier molecular flexibility index (Phi) is 3.51. The first-order chi connectivity index (χ1) is 9.33. The van der Waals surface area contributed by atoms with Crippen molar-refractivity contribution in [2.24, 2.45) is 0 Å². The van der Waals surface area contributed by atoms with E-state index in [1.54, 1.807) is 0 Å². The van der Waals surface area contributed by atoms with Crippen molar-refractivity contribution < 1.29 is 0 Å². The summed E-state index contributed by atoms with van der Waals surface area (Å²) >= 11 is 1.85. The predicted octanol–water partition coefficient (Wildman–Crippen LogP) is 3.63. The summed E-state index contributed by atoms with van der Waals surface area (Å²) in [6, 6.07) is 16.7. The van der Waals surface area contributed by atoms with Gasteiger partial charge >= 0.3 is 0 Å². The number of hydrogen-bond acceptors (Lipinski definition) is 3. The summed E-state index contributed by atoms with van der Waals surface area (Å²) in [6.07, 6.45) is 0. The van der Waals surface area contributed by atoms with Crippen molar-refractivity contribution in [2.45, 2.75) is 18.6 Å². The van der Waals surface area contributed by atoms with E-state index < -0.39 is 0 Å². The molecule has 3 nitrogen and oxygen atoms in total. The molecule has 0 atom stereocenters. The zero-order chi connectivity index (χ0) is 13.1. The minimum Gasteiger partial charge on any atom is -0.235 e. The van der Waals surface area contributed by atoms with Crippen LogP contribution in [-0.4, -0.2) is 15.0 Å². The Morgan fingerprint density at radius 2 is 1.84 bits per heavy atom. The van der Waals surface area contributed by atoms with Crippen LogP contribution in [0.15, 0.2) is 48.5 Å². The molecule has 0 bridgehead atoms. The second-order valence-corrected chi connectivity index (χ2v) is 5.50. The molecule has 1 heterocycles. The van der Waals surface area contributed by atoms with E-state index >= 15 is 0 Å². The van der Waals surface area contributed by atoms with Crippen LogP contribution in [0.3, 0.4) is 0 Å². The van der Waals surface area contributed by atoms with Gasteiger partial charge in [-0.25, -0.2) is 4.68 Å². The highest BCUT2D eigenvalue weighted by Crippen LogP contribution is 2.17. The van der Waals surface area contributed by atoms with E-state index in [4.69, 9.17) is 0 Å². The smallest absolute Gasteiger partial charge is 0.113 e. The third kappa shape index (κ3) is 2.79. The van der Waals surface area contributed by atoms with Gasteiger partial charge in [0, 0.05) is 5.75 Å². The summed E-state index contributed by atoms with van der Waals surface area (Å²) in [5, 5.41) is 8.34. The second-order valence-electron chi connectivity index (χ2n) is 4.54. The summed E-state index contributed by atoms with van der Waals surface area (Å²) in [6.45, 7) is 2.11. The molecule has 0 saturated heterocycles. The Morgan fingerprint density at radius 1 is 1.05 bits per heavy atom. The SMILES string of the molecule is Cc1ccc(CSCn2nnc3ccccc32)cc1. The lowest BCUT2D eigenvalue weighted by Crippen LogP contribution is -1.97. The second kappa shape index (κ2) is 5.45. The fourth-order valence-electron chi connectivity index (χ4n) is 1.95. The minimum absolute atomic E-state index is 0.828. The van der Waals surface area contributed by atoms with Crippen molar-refractivity contribution in [3.63, 3.8) is 0 Å². The largest absolute Gasteiger partial charge is 0.235 e. The molecule has 0 radical (unpaired) electrons. The van der Waals surface area contributed by atoms with Crippen molar-refractivity contribution in [2.75, 3.05) is 0 Å². The molecule has 0 aliphatic carbocycles. The number of rotatable bonds is 4. The summed E-state index contributed by atoms with van der Waals surface area (Å²) < 4.78 is 1.95. The number of fused-ring (bicyclic) bond motifs is 1. The lowest BCUT2D eigenvalue weighted by Gasteiger charge is -2.03. The van der Waals surface area contributed by atoms with E-state index in [1.807, 2.05) is 34.6 Å². The number of hydrogen-bond donors (Lipinski definition) is 0. The zero-order valence-corrected chi connectivity index (χ0v) is 11.6. The molecule has 0 saturated carbocycles.